The molecule has 0 unspecified atom stereocenters. The summed E-state index contributed by atoms with van der Waals surface area (Å²) in [6, 6.07) is -0.0433. The minimum absolute atomic E-state index is 0.0160. The summed E-state index contributed by atoms with van der Waals surface area (Å²) in [5, 5.41) is 13.9. The monoisotopic (exact) mass is 212 g/mol. The lowest BCUT2D eigenvalue weighted by molar-refractivity contribution is -0.137. The third kappa shape index (κ3) is 4.01. The molecular formula is C10H16N2O3. The number of aliphatic carboxylic acids is 1. The average Bonchev–Trinajstić information content (AvgIpc) is 2.44. The summed E-state index contributed by atoms with van der Waals surface area (Å²) >= 11 is 0. The van der Waals surface area contributed by atoms with Crippen LogP contribution in [-0.4, -0.2) is 29.2 Å². The van der Waals surface area contributed by atoms with Gasteiger partial charge in [-0.3, -0.25) is 4.79 Å². The number of unbranched alkanes of at least 4 members (excludes halogenated alkanes) is 1. The van der Waals surface area contributed by atoms with E-state index in [4.69, 9.17) is 5.11 Å². The standard InChI is InChI=1S/C10H16N2O3/c1-7-8(12-10(15)11-7)5-3-2-4-6-9(13)14/h3,5,7-8H,2,4,6H2,1H3,(H,13,14)(H2,11,12,15)/b5-3-/t7-,8+/m0/s1. The fraction of sp³-hybridized carbons (Fsp3) is 0.600. The Hall–Kier alpha value is -1.52. The molecule has 1 fully saturated rings. The van der Waals surface area contributed by atoms with Crippen molar-refractivity contribution in [3.05, 3.63) is 12.2 Å². The van der Waals surface area contributed by atoms with Gasteiger partial charge < -0.3 is 15.7 Å². The average molecular weight is 212 g/mol. The zero-order chi connectivity index (χ0) is 11.3. The Morgan fingerprint density at radius 1 is 1.53 bits per heavy atom. The molecule has 15 heavy (non-hydrogen) atoms. The second-order valence-corrected chi connectivity index (χ2v) is 3.65. The number of carboxylic acids is 1. The predicted molar refractivity (Wildman–Crippen MR) is 55.5 cm³/mol. The first-order valence-corrected chi connectivity index (χ1v) is 5.05. The normalized spacial score (nSPS) is 25.3. The smallest absolute Gasteiger partial charge is 0.315 e. The Morgan fingerprint density at radius 2 is 2.27 bits per heavy atom. The maximum atomic E-state index is 10.9. The first kappa shape index (κ1) is 11.6. The highest BCUT2D eigenvalue weighted by molar-refractivity contribution is 5.77. The highest BCUT2D eigenvalue weighted by atomic mass is 16.4. The molecule has 1 rings (SSSR count). The number of carboxylic acid groups (broad SMARTS) is 1. The quantitative estimate of drug-likeness (QED) is 0.467. The van der Waals surface area contributed by atoms with Crippen LogP contribution in [0.3, 0.4) is 0 Å². The number of hydrogen-bond acceptors (Lipinski definition) is 2. The van der Waals surface area contributed by atoms with Crippen molar-refractivity contribution >= 4 is 12.0 Å². The van der Waals surface area contributed by atoms with Crippen LogP contribution in [0.2, 0.25) is 0 Å². The van der Waals surface area contributed by atoms with Crippen LogP contribution >= 0.6 is 0 Å². The van der Waals surface area contributed by atoms with Crippen LogP contribution in [0.4, 0.5) is 4.79 Å². The van der Waals surface area contributed by atoms with Crippen molar-refractivity contribution in [2.45, 2.75) is 38.3 Å². The van der Waals surface area contributed by atoms with Crippen LogP contribution in [0, 0.1) is 0 Å². The Labute approximate surface area is 88.5 Å². The summed E-state index contributed by atoms with van der Waals surface area (Å²) in [7, 11) is 0. The van der Waals surface area contributed by atoms with Gasteiger partial charge in [-0.15, -0.1) is 0 Å². The van der Waals surface area contributed by atoms with E-state index in [1.54, 1.807) is 0 Å². The Balaban J connectivity index is 2.20. The number of nitrogens with one attached hydrogen (secondary N) is 2. The van der Waals surface area contributed by atoms with Crippen molar-refractivity contribution in [3.63, 3.8) is 0 Å². The van der Waals surface area contributed by atoms with E-state index >= 15 is 0 Å². The van der Waals surface area contributed by atoms with Gasteiger partial charge in [0.15, 0.2) is 0 Å². The van der Waals surface area contributed by atoms with E-state index in [1.165, 1.54) is 0 Å². The van der Waals surface area contributed by atoms with Crippen LogP contribution in [0.1, 0.15) is 26.2 Å². The van der Waals surface area contributed by atoms with Gasteiger partial charge in [-0.25, -0.2) is 4.79 Å². The second-order valence-electron chi connectivity index (χ2n) is 3.65. The lowest BCUT2D eigenvalue weighted by Crippen LogP contribution is -2.28. The van der Waals surface area contributed by atoms with Gasteiger partial charge in [0.25, 0.3) is 0 Å². The summed E-state index contributed by atoms with van der Waals surface area (Å²) in [5.74, 6) is -0.771. The number of amides is 2. The highest BCUT2D eigenvalue weighted by Gasteiger charge is 2.24. The van der Waals surface area contributed by atoms with E-state index in [0.717, 1.165) is 6.42 Å². The van der Waals surface area contributed by atoms with Gasteiger partial charge in [-0.2, -0.15) is 0 Å². The zero-order valence-corrected chi connectivity index (χ0v) is 8.69. The summed E-state index contributed by atoms with van der Waals surface area (Å²) in [6.45, 7) is 1.92. The molecule has 0 saturated carbocycles. The van der Waals surface area contributed by atoms with E-state index in [-0.39, 0.29) is 24.5 Å². The second kappa shape index (κ2) is 5.38. The van der Waals surface area contributed by atoms with Crippen LogP contribution < -0.4 is 10.6 Å². The van der Waals surface area contributed by atoms with Crippen molar-refractivity contribution in [2.24, 2.45) is 0 Å². The highest BCUT2D eigenvalue weighted by Crippen LogP contribution is 2.04. The number of carbonyl (C=O) groups is 2. The first-order chi connectivity index (χ1) is 7.09. The number of urea groups is 1. The Morgan fingerprint density at radius 3 is 2.80 bits per heavy atom. The summed E-state index contributed by atoms with van der Waals surface area (Å²) in [6.07, 6.45) is 5.37. The molecule has 1 saturated heterocycles. The van der Waals surface area contributed by atoms with Gasteiger partial charge in [0.1, 0.15) is 0 Å². The van der Waals surface area contributed by atoms with Crippen molar-refractivity contribution in [1.82, 2.24) is 10.6 Å². The van der Waals surface area contributed by atoms with Gasteiger partial charge in [0.2, 0.25) is 0 Å². The molecule has 0 bridgehead atoms. The first-order valence-electron chi connectivity index (χ1n) is 5.05. The fourth-order valence-corrected chi connectivity index (χ4v) is 1.44. The van der Waals surface area contributed by atoms with Crippen LogP contribution in [0.25, 0.3) is 0 Å². The van der Waals surface area contributed by atoms with Crippen LogP contribution in [-0.2, 0) is 4.79 Å². The molecule has 1 aliphatic rings. The zero-order valence-electron chi connectivity index (χ0n) is 8.69. The molecule has 5 nitrogen and oxygen atoms in total. The van der Waals surface area contributed by atoms with Crippen molar-refractivity contribution in [3.8, 4) is 0 Å². The van der Waals surface area contributed by atoms with Crippen molar-refractivity contribution in [1.29, 1.82) is 0 Å². The van der Waals surface area contributed by atoms with E-state index in [0.29, 0.717) is 6.42 Å². The molecule has 2 atom stereocenters. The van der Waals surface area contributed by atoms with Gasteiger partial charge in [-0.05, 0) is 19.8 Å². The molecule has 0 aromatic rings. The molecule has 5 heteroatoms. The van der Waals surface area contributed by atoms with E-state index < -0.39 is 5.97 Å². The molecule has 3 N–H and O–H groups in total. The van der Waals surface area contributed by atoms with Crippen molar-refractivity contribution in [2.75, 3.05) is 0 Å². The molecule has 84 valence electrons. The predicted octanol–water partition coefficient (Wildman–Crippen LogP) is 0.867. The third-order valence-electron chi connectivity index (χ3n) is 2.30. The van der Waals surface area contributed by atoms with Gasteiger partial charge in [0, 0.05) is 6.42 Å². The minimum atomic E-state index is -0.771. The third-order valence-corrected chi connectivity index (χ3v) is 2.30. The lowest BCUT2D eigenvalue weighted by atomic mass is 10.1. The largest absolute Gasteiger partial charge is 0.481 e. The van der Waals surface area contributed by atoms with Crippen LogP contribution in [0.15, 0.2) is 12.2 Å². The molecule has 1 heterocycles. The molecule has 0 aromatic heterocycles. The van der Waals surface area contributed by atoms with Gasteiger partial charge in [0.05, 0.1) is 12.1 Å². The summed E-state index contributed by atoms with van der Waals surface area (Å²) in [4.78, 5) is 21.1. The van der Waals surface area contributed by atoms with Gasteiger partial charge in [-0.1, -0.05) is 12.2 Å². The molecule has 0 aliphatic carbocycles. The van der Waals surface area contributed by atoms with E-state index in [2.05, 4.69) is 10.6 Å². The molecule has 0 aromatic carbocycles. The molecule has 0 spiro atoms. The minimum Gasteiger partial charge on any atom is -0.481 e. The molecular weight excluding hydrogens is 196 g/mol. The molecule has 2 amide bonds. The van der Waals surface area contributed by atoms with Crippen LogP contribution in [0.5, 0.6) is 0 Å². The van der Waals surface area contributed by atoms with Crippen molar-refractivity contribution < 1.29 is 14.7 Å². The number of hydrogen-bond donors (Lipinski definition) is 3. The van der Waals surface area contributed by atoms with Gasteiger partial charge >= 0.3 is 12.0 Å². The van der Waals surface area contributed by atoms with E-state index in [9.17, 15) is 9.59 Å². The fourth-order valence-electron chi connectivity index (χ4n) is 1.44. The maximum absolute atomic E-state index is 10.9. The summed E-state index contributed by atoms with van der Waals surface area (Å²) < 4.78 is 0. The summed E-state index contributed by atoms with van der Waals surface area (Å²) in [5.41, 5.74) is 0. The molecule has 0 radical (unpaired) electrons. The number of carbonyl (C=O) groups excluding carboxylic acids is 1. The van der Waals surface area contributed by atoms with E-state index in [1.807, 2.05) is 19.1 Å². The maximum Gasteiger partial charge on any atom is 0.315 e. The number of allylic oxidation sites excluding steroid dienone is 1. The molecule has 1 aliphatic heterocycles. The Kier molecular flexibility index (Phi) is 4.15. The Bertz CT molecular complexity index is 276. The number of rotatable bonds is 5. The SMILES string of the molecule is C[C@@H]1NC(=O)N[C@@H]1/C=C\CCCC(=O)O. The lowest BCUT2D eigenvalue weighted by Gasteiger charge is -2.07. The topological polar surface area (TPSA) is 78.4 Å².